The van der Waals surface area contributed by atoms with Crippen LogP contribution in [0.1, 0.15) is 67.7 Å². The lowest BCUT2D eigenvalue weighted by molar-refractivity contribution is 0.0808. The van der Waals surface area contributed by atoms with E-state index in [1.54, 1.807) is 0 Å². The minimum atomic E-state index is 0.450. The minimum Gasteiger partial charge on any atom is -0.400 e. The molecule has 18 heavy (non-hydrogen) atoms. The van der Waals surface area contributed by atoms with Crippen LogP contribution in [0, 0.1) is 22.7 Å². The van der Waals surface area contributed by atoms with E-state index in [2.05, 4.69) is 54.5 Å². The summed E-state index contributed by atoms with van der Waals surface area (Å²) in [6.07, 6.45) is 6.48. The second-order valence-corrected chi connectivity index (χ2v) is 7.33. The predicted molar refractivity (Wildman–Crippen MR) is 81.6 cm³/mol. The third-order valence-corrected chi connectivity index (χ3v) is 5.04. The molecule has 1 rings (SSSR count). The zero-order chi connectivity index (χ0) is 14.6. The van der Waals surface area contributed by atoms with Gasteiger partial charge in [-0.25, -0.2) is 0 Å². The Hall–Kier alpha value is -0.300. The Kier molecular flexibility index (Phi) is 6.63. The fourth-order valence-electron chi connectivity index (χ4n) is 3.51. The second-order valence-electron chi connectivity index (χ2n) is 7.33. The summed E-state index contributed by atoms with van der Waals surface area (Å²) in [4.78, 5) is 0. The molecule has 2 unspecified atom stereocenters. The molecule has 2 atom stereocenters. The zero-order valence-corrected chi connectivity index (χ0v) is 13.8. The van der Waals surface area contributed by atoms with Crippen LogP contribution in [-0.4, -0.2) is 12.2 Å². The molecule has 0 bridgehead atoms. The molecule has 0 saturated heterocycles. The molecule has 0 heterocycles. The van der Waals surface area contributed by atoms with Crippen molar-refractivity contribution in [2.75, 3.05) is 7.11 Å². The van der Waals surface area contributed by atoms with Crippen molar-refractivity contribution in [1.82, 2.24) is 0 Å². The first-order chi connectivity index (χ1) is 8.18. The van der Waals surface area contributed by atoms with Crippen molar-refractivity contribution in [3.8, 4) is 0 Å². The average Bonchev–Trinajstić information content (AvgIpc) is 2.55. The van der Waals surface area contributed by atoms with Gasteiger partial charge in [-0.2, -0.15) is 0 Å². The van der Waals surface area contributed by atoms with Gasteiger partial charge in [0.15, 0.2) is 0 Å². The molecule has 0 radical (unpaired) electrons. The molecule has 0 spiro atoms. The summed E-state index contributed by atoms with van der Waals surface area (Å²) >= 11 is 0. The second kappa shape index (κ2) is 6.75. The number of aliphatic hydroxyl groups excluding tert-OH is 1. The van der Waals surface area contributed by atoms with Crippen LogP contribution >= 0.6 is 0 Å². The smallest absolute Gasteiger partial charge is 0.0319 e. The lowest BCUT2D eigenvalue weighted by atomic mass is 9.63. The van der Waals surface area contributed by atoms with E-state index in [1.807, 2.05) is 0 Å². The largest absolute Gasteiger partial charge is 0.400 e. The highest BCUT2D eigenvalue weighted by molar-refractivity contribution is 5.02. The summed E-state index contributed by atoms with van der Waals surface area (Å²) in [6, 6.07) is 0. The Morgan fingerprint density at radius 1 is 1.22 bits per heavy atom. The predicted octanol–water partition coefficient (Wildman–Crippen LogP) is 5.05. The van der Waals surface area contributed by atoms with Crippen LogP contribution < -0.4 is 0 Å². The van der Waals surface area contributed by atoms with Gasteiger partial charge in [0.25, 0.3) is 0 Å². The number of aliphatic hydroxyl groups is 1. The summed E-state index contributed by atoms with van der Waals surface area (Å²) in [6.45, 7) is 16.7. The number of hydrogen-bond acceptors (Lipinski definition) is 1. The lowest BCUT2D eigenvalue weighted by Crippen LogP contribution is -2.34. The van der Waals surface area contributed by atoms with Gasteiger partial charge in [0.2, 0.25) is 0 Å². The molecule has 0 aromatic rings. The van der Waals surface area contributed by atoms with E-state index in [0.29, 0.717) is 10.8 Å². The van der Waals surface area contributed by atoms with Gasteiger partial charge in [0.05, 0.1) is 0 Å². The fraction of sp³-hybridized carbons (Fsp3) is 0.882. The van der Waals surface area contributed by atoms with Gasteiger partial charge in [-0.1, -0.05) is 46.3 Å². The van der Waals surface area contributed by atoms with E-state index in [4.69, 9.17) is 5.11 Å². The zero-order valence-electron chi connectivity index (χ0n) is 13.8. The number of hydrogen-bond donors (Lipinski definition) is 1. The SMILES string of the molecule is CC(C)=CCC(C)(C)C1CCC(C)C1(C)C.CO. The molecule has 1 aliphatic rings. The molecular formula is C17H34O. The molecule has 0 aromatic carbocycles. The van der Waals surface area contributed by atoms with Crippen molar-refractivity contribution in [2.24, 2.45) is 22.7 Å². The maximum absolute atomic E-state index is 7.00. The topological polar surface area (TPSA) is 20.2 Å². The Balaban J connectivity index is 0.00000137. The van der Waals surface area contributed by atoms with Crippen molar-refractivity contribution in [3.05, 3.63) is 11.6 Å². The molecule has 0 aromatic heterocycles. The third-order valence-electron chi connectivity index (χ3n) is 5.04. The Morgan fingerprint density at radius 3 is 2.06 bits per heavy atom. The van der Waals surface area contributed by atoms with Gasteiger partial charge < -0.3 is 5.11 Å². The number of rotatable bonds is 3. The van der Waals surface area contributed by atoms with Gasteiger partial charge in [-0.15, -0.1) is 0 Å². The van der Waals surface area contributed by atoms with Crippen LogP contribution in [0.25, 0.3) is 0 Å². The Morgan fingerprint density at radius 2 is 1.72 bits per heavy atom. The van der Waals surface area contributed by atoms with Crippen molar-refractivity contribution >= 4 is 0 Å². The summed E-state index contributed by atoms with van der Waals surface area (Å²) in [5, 5.41) is 7.00. The van der Waals surface area contributed by atoms with E-state index in [0.717, 1.165) is 18.9 Å². The maximum Gasteiger partial charge on any atom is 0.0319 e. The average molecular weight is 254 g/mol. The lowest BCUT2D eigenvalue weighted by Gasteiger charge is -2.42. The first kappa shape index (κ1) is 17.7. The summed E-state index contributed by atoms with van der Waals surface area (Å²) in [7, 11) is 1.00. The fourth-order valence-corrected chi connectivity index (χ4v) is 3.51. The first-order valence-corrected chi connectivity index (χ1v) is 7.26. The molecule has 1 nitrogen and oxygen atoms in total. The van der Waals surface area contributed by atoms with Crippen molar-refractivity contribution in [1.29, 1.82) is 0 Å². The van der Waals surface area contributed by atoms with Gasteiger partial charge in [0.1, 0.15) is 0 Å². The van der Waals surface area contributed by atoms with Gasteiger partial charge in [-0.3, -0.25) is 0 Å². The van der Waals surface area contributed by atoms with Crippen LogP contribution in [0.15, 0.2) is 11.6 Å². The quantitative estimate of drug-likeness (QED) is 0.699. The van der Waals surface area contributed by atoms with E-state index >= 15 is 0 Å². The van der Waals surface area contributed by atoms with Crippen molar-refractivity contribution in [2.45, 2.75) is 67.7 Å². The molecule has 0 amide bonds. The summed E-state index contributed by atoms with van der Waals surface area (Å²) in [5.41, 5.74) is 2.42. The molecule has 1 aliphatic carbocycles. The summed E-state index contributed by atoms with van der Waals surface area (Å²) < 4.78 is 0. The normalized spacial score (nSPS) is 26.3. The highest BCUT2D eigenvalue weighted by atomic mass is 16.2. The minimum absolute atomic E-state index is 0.450. The van der Waals surface area contributed by atoms with Gasteiger partial charge in [0, 0.05) is 7.11 Å². The Labute approximate surface area is 115 Å². The Bertz CT molecular complexity index is 269. The van der Waals surface area contributed by atoms with Gasteiger partial charge in [-0.05, 0) is 55.8 Å². The maximum atomic E-state index is 7.00. The summed E-state index contributed by atoms with van der Waals surface area (Å²) in [5.74, 6) is 1.74. The molecule has 1 fully saturated rings. The van der Waals surface area contributed by atoms with Crippen molar-refractivity contribution in [3.63, 3.8) is 0 Å². The van der Waals surface area contributed by atoms with Crippen LogP contribution in [0.2, 0.25) is 0 Å². The van der Waals surface area contributed by atoms with E-state index < -0.39 is 0 Å². The van der Waals surface area contributed by atoms with E-state index in [1.165, 1.54) is 24.8 Å². The van der Waals surface area contributed by atoms with E-state index in [9.17, 15) is 0 Å². The van der Waals surface area contributed by atoms with E-state index in [-0.39, 0.29) is 0 Å². The first-order valence-electron chi connectivity index (χ1n) is 7.26. The number of allylic oxidation sites excluding steroid dienone is 2. The molecule has 1 N–H and O–H groups in total. The van der Waals surface area contributed by atoms with Crippen LogP contribution in [0.5, 0.6) is 0 Å². The molecule has 0 aliphatic heterocycles. The van der Waals surface area contributed by atoms with Crippen LogP contribution in [0.3, 0.4) is 0 Å². The highest BCUT2D eigenvalue weighted by Crippen LogP contribution is 2.55. The molecule has 1 heteroatoms. The highest BCUT2D eigenvalue weighted by Gasteiger charge is 2.46. The van der Waals surface area contributed by atoms with Crippen LogP contribution in [-0.2, 0) is 0 Å². The molecular weight excluding hydrogens is 220 g/mol. The standard InChI is InChI=1S/C16H30.CH4O/c1-12(2)10-11-15(4,5)14-9-8-13(3)16(14,6)7;1-2/h10,13-14H,8-9,11H2,1-7H3;2H,1H3. The third kappa shape index (κ3) is 4.12. The van der Waals surface area contributed by atoms with Crippen molar-refractivity contribution < 1.29 is 5.11 Å². The monoisotopic (exact) mass is 254 g/mol. The molecule has 1 saturated carbocycles. The van der Waals surface area contributed by atoms with Gasteiger partial charge >= 0.3 is 0 Å². The molecule has 108 valence electrons. The van der Waals surface area contributed by atoms with Crippen LogP contribution in [0.4, 0.5) is 0 Å².